The molecular formula is C73H87ClF3N7O4S3. The van der Waals surface area contributed by atoms with E-state index < -0.39 is 11.7 Å². The number of thiazole rings is 2. The highest BCUT2D eigenvalue weighted by Gasteiger charge is 2.35. The molecule has 484 valence electrons. The minimum Gasteiger partial charge on any atom is -0.497 e. The number of nitrogens with one attached hydrogen (secondary N) is 3. The number of unbranched alkanes of at least 4 members (excludes halogenated alkanes) is 12. The van der Waals surface area contributed by atoms with Crippen molar-refractivity contribution in [1.82, 2.24) is 14.9 Å². The number of anilines is 6. The van der Waals surface area contributed by atoms with Gasteiger partial charge in [-0.1, -0.05) is 131 Å². The number of alkyl halides is 3. The highest BCUT2D eigenvalue weighted by atomic mass is 35.5. The molecule has 9 rings (SSSR count). The molecule has 0 saturated heterocycles. The van der Waals surface area contributed by atoms with Crippen LogP contribution in [-0.2, 0) is 19.0 Å². The van der Waals surface area contributed by atoms with E-state index in [-0.39, 0.29) is 23.8 Å². The Morgan fingerprint density at radius 3 is 1.90 bits per heavy atom. The predicted molar refractivity (Wildman–Crippen MR) is 375 cm³/mol. The summed E-state index contributed by atoms with van der Waals surface area (Å²) in [4.78, 5) is 14.5. The monoisotopic (exact) mass is 1310 g/mol. The molecule has 0 spiro atoms. The van der Waals surface area contributed by atoms with Gasteiger partial charge in [0.2, 0.25) is 0 Å². The highest BCUT2D eigenvalue weighted by molar-refractivity contribution is 8.03. The van der Waals surface area contributed by atoms with E-state index >= 15 is 0 Å². The van der Waals surface area contributed by atoms with Gasteiger partial charge >= 0.3 is 6.18 Å². The average molecular weight is 1320 g/mol. The van der Waals surface area contributed by atoms with Crippen LogP contribution in [0.4, 0.5) is 46.2 Å². The van der Waals surface area contributed by atoms with E-state index in [2.05, 4.69) is 111 Å². The summed E-state index contributed by atoms with van der Waals surface area (Å²) in [6.45, 7) is 4.85. The first-order chi connectivity index (χ1) is 44.4. The van der Waals surface area contributed by atoms with Gasteiger partial charge in [-0.3, -0.25) is 0 Å². The molecule has 11 nitrogen and oxygen atoms in total. The van der Waals surface area contributed by atoms with Crippen molar-refractivity contribution in [2.24, 2.45) is 0 Å². The molecule has 0 radical (unpaired) electrons. The van der Waals surface area contributed by atoms with E-state index in [1.807, 2.05) is 66.0 Å². The van der Waals surface area contributed by atoms with Crippen molar-refractivity contribution in [3.63, 3.8) is 0 Å². The second-order valence-corrected chi connectivity index (χ2v) is 26.3. The fourth-order valence-corrected chi connectivity index (χ4v) is 13.9. The van der Waals surface area contributed by atoms with Crippen LogP contribution >= 0.6 is 46.0 Å². The first-order valence-corrected chi connectivity index (χ1v) is 35.2. The number of nitrogens with zero attached hydrogens (tertiary/aromatic N) is 4. The fraction of sp³-hybridized carbons (Fsp3) is 0.397. The van der Waals surface area contributed by atoms with Crippen LogP contribution in [0.15, 0.2) is 161 Å². The van der Waals surface area contributed by atoms with Crippen molar-refractivity contribution >= 4 is 79.0 Å². The molecule has 0 fully saturated rings. The second kappa shape index (κ2) is 35.7. The third-order valence-electron chi connectivity index (χ3n) is 16.3. The van der Waals surface area contributed by atoms with Crippen LogP contribution in [0.1, 0.15) is 149 Å². The Morgan fingerprint density at radius 1 is 0.604 bits per heavy atom. The molecule has 18 heteroatoms. The SMILES string of the molecule is CCCCCCCCOc1ccc(NC2SC=C(Cc3ccc(OC)cc3)N2CCCCCOc2ccc(Nc3nc(C(CCCCCCCCN(C)c4ccc(Nc5nc(Cc6ccc(Cl)cc6)cs5)cc4)c4ccc(OC)cc4)cs3)cc2C(F)(F)F)cc1. The number of hydrogen-bond donors (Lipinski definition) is 3. The lowest BCUT2D eigenvalue weighted by molar-refractivity contribution is -0.138. The van der Waals surface area contributed by atoms with E-state index in [1.165, 1.54) is 72.0 Å². The van der Waals surface area contributed by atoms with Gasteiger partial charge in [-0.05, 0) is 164 Å². The summed E-state index contributed by atoms with van der Waals surface area (Å²) < 4.78 is 67.1. The van der Waals surface area contributed by atoms with Gasteiger partial charge in [0.15, 0.2) is 15.8 Å². The van der Waals surface area contributed by atoms with E-state index in [1.54, 1.807) is 43.4 Å². The van der Waals surface area contributed by atoms with Gasteiger partial charge in [-0.2, -0.15) is 13.2 Å². The molecule has 91 heavy (non-hydrogen) atoms. The van der Waals surface area contributed by atoms with Crippen LogP contribution < -0.4 is 39.8 Å². The highest BCUT2D eigenvalue weighted by Crippen LogP contribution is 2.41. The minimum absolute atomic E-state index is 0.0157. The second-order valence-electron chi connectivity index (χ2n) is 23.2. The predicted octanol–water partition coefficient (Wildman–Crippen LogP) is 21.2. The van der Waals surface area contributed by atoms with Crippen molar-refractivity contribution < 1.29 is 32.1 Å². The number of aromatic nitrogens is 2. The van der Waals surface area contributed by atoms with Crippen molar-refractivity contribution in [3.8, 4) is 23.0 Å². The Balaban J connectivity index is 0.714. The summed E-state index contributed by atoms with van der Waals surface area (Å²) >= 11 is 10.8. The number of hydrogen-bond acceptors (Lipinski definition) is 14. The summed E-state index contributed by atoms with van der Waals surface area (Å²) in [7, 11) is 5.47. The molecule has 1 aliphatic heterocycles. The molecule has 1 aliphatic rings. The smallest absolute Gasteiger partial charge is 0.420 e. The molecule has 6 aromatic carbocycles. The van der Waals surface area contributed by atoms with Crippen molar-refractivity contribution in [2.75, 3.05) is 68.4 Å². The summed E-state index contributed by atoms with van der Waals surface area (Å²) in [6.07, 6.45) is 14.0. The maximum absolute atomic E-state index is 14.7. The van der Waals surface area contributed by atoms with E-state index in [0.717, 1.165) is 159 Å². The first kappa shape index (κ1) is 68.3. The maximum atomic E-state index is 14.7. The Bertz CT molecular complexity index is 3440. The van der Waals surface area contributed by atoms with Crippen LogP contribution in [0.2, 0.25) is 5.02 Å². The van der Waals surface area contributed by atoms with Gasteiger partial charge < -0.3 is 44.7 Å². The zero-order chi connectivity index (χ0) is 63.6. The fourth-order valence-electron chi connectivity index (χ4n) is 11.1. The van der Waals surface area contributed by atoms with E-state index in [4.69, 9.17) is 40.5 Å². The lowest BCUT2D eigenvalue weighted by Crippen LogP contribution is -2.35. The Hall–Kier alpha value is -7.05. The van der Waals surface area contributed by atoms with E-state index in [0.29, 0.717) is 17.2 Å². The number of allylic oxidation sites excluding steroid dienone is 1. The molecule has 2 atom stereocenters. The number of methoxy groups -OCH3 is 2. The van der Waals surface area contributed by atoms with Gasteiger partial charge in [-0.25, -0.2) is 9.97 Å². The quantitative estimate of drug-likeness (QED) is 0.0320. The number of thioether (sulfide) groups is 1. The van der Waals surface area contributed by atoms with Crippen molar-refractivity contribution in [3.05, 3.63) is 200 Å². The number of halogens is 4. The summed E-state index contributed by atoms with van der Waals surface area (Å²) in [6, 6.07) is 45.0. The maximum Gasteiger partial charge on any atom is 0.420 e. The number of ether oxygens (including phenoxy) is 4. The molecule has 3 N–H and O–H groups in total. The Morgan fingerprint density at radius 2 is 1.19 bits per heavy atom. The molecular weight excluding hydrogens is 1230 g/mol. The third-order valence-corrected chi connectivity index (χ3v) is 19.2. The third kappa shape index (κ3) is 21.8. The molecule has 0 amide bonds. The normalized spacial score (nSPS) is 13.4. The Labute approximate surface area is 554 Å². The van der Waals surface area contributed by atoms with Crippen LogP contribution in [0.5, 0.6) is 23.0 Å². The largest absolute Gasteiger partial charge is 0.497 e. The van der Waals surface area contributed by atoms with Crippen LogP contribution in [0, 0.1) is 0 Å². The van der Waals surface area contributed by atoms with Crippen molar-refractivity contribution in [1.29, 1.82) is 0 Å². The molecule has 3 heterocycles. The number of rotatable bonds is 39. The molecule has 2 unspecified atom stereocenters. The summed E-state index contributed by atoms with van der Waals surface area (Å²) in [5.74, 6) is 2.29. The van der Waals surface area contributed by atoms with Crippen LogP contribution in [-0.4, -0.2) is 67.9 Å². The van der Waals surface area contributed by atoms with Gasteiger partial charge in [0.05, 0.1) is 44.4 Å². The number of benzene rings is 6. The molecule has 0 bridgehead atoms. The molecule has 0 aliphatic carbocycles. The van der Waals surface area contributed by atoms with Crippen LogP contribution in [0.3, 0.4) is 0 Å². The molecule has 8 aromatic rings. The minimum atomic E-state index is -4.62. The molecule has 2 aromatic heterocycles. The zero-order valence-corrected chi connectivity index (χ0v) is 56.1. The van der Waals surface area contributed by atoms with Gasteiger partial charge in [0.1, 0.15) is 23.0 Å². The lowest BCUT2D eigenvalue weighted by atomic mass is 9.90. The summed E-state index contributed by atoms with van der Waals surface area (Å²) in [5, 5.41) is 18.8. The average Bonchev–Trinajstić information content (AvgIpc) is 2.08. The standard InChI is InChI=1S/C73H87ClF3N7O4S3/c1-5-6-7-8-13-18-45-87-65-40-31-58(32-41-65)81-72-84(62(51-91-72)48-54-23-36-63(85-3)37-24-54)44-17-14-19-46-88-69-42-33-59(49-67(69)73(75,76)77)79-71-82-68(52-90-71)66(55-25-38-64(86-4)39-26-55)20-15-11-9-10-12-16-43-83(2)61-34-29-57(30-35-61)78-70-80-60(50-89-70)47-53-21-27-56(74)28-22-53/h21-42,49-52,66,72,81H,5-20,43-48H2,1-4H3,(H,78,80)(H,79,82). The first-order valence-electron chi connectivity index (χ1n) is 32.1. The molecule has 0 saturated carbocycles. The topological polar surface area (TPSA) is 105 Å². The lowest BCUT2D eigenvalue weighted by Gasteiger charge is -2.30. The Kier molecular flexibility index (Phi) is 26.8. The van der Waals surface area contributed by atoms with Gasteiger partial charge in [-0.15, -0.1) is 22.7 Å². The summed E-state index contributed by atoms with van der Waals surface area (Å²) in [5.41, 5.74) is 9.23. The van der Waals surface area contributed by atoms with Crippen molar-refractivity contribution in [2.45, 2.75) is 140 Å². The van der Waals surface area contributed by atoms with E-state index in [9.17, 15) is 13.2 Å². The zero-order valence-electron chi connectivity index (χ0n) is 52.9. The van der Waals surface area contributed by atoms with Gasteiger partial charge in [0.25, 0.3) is 0 Å². The van der Waals surface area contributed by atoms with Gasteiger partial charge in [0, 0.05) is 83.1 Å². The van der Waals surface area contributed by atoms with Crippen LogP contribution in [0.25, 0.3) is 0 Å².